The van der Waals surface area contributed by atoms with Gasteiger partial charge in [-0.05, 0) is 75.5 Å². The van der Waals surface area contributed by atoms with Gasteiger partial charge in [0.25, 0.3) is 0 Å². The van der Waals surface area contributed by atoms with Crippen molar-refractivity contribution in [3.05, 3.63) is 16.4 Å². The van der Waals surface area contributed by atoms with Crippen molar-refractivity contribution in [1.82, 2.24) is 14.7 Å². The maximum absolute atomic E-state index is 6.80. The third kappa shape index (κ3) is 3.06. The first-order valence-corrected chi connectivity index (χ1v) is 8.75. The molecule has 1 fully saturated rings. The van der Waals surface area contributed by atoms with E-state index in [2.05, 4.69) is 65.5 Å². The highest BCUT2D eigenvalue weighted by atomic mass is 79.9. The van der Waals surface area contributed by atoms with Crippen molar-refractivity contribution < 1.29 is 0 Å². The fraction of sp³-hybridized carbons (Fsp3) is 0.812. The Balaban J connectivity index is 2.40. The van der Waals surface area contributed by atoms with E-state index in [0.29, 0.717) is 6.04 Å². The molecule has 0 bridgehead atoms. The Morgan fingerprint density at radius 1 is 1.38 bits per heavy atom. The Labute approximate surface area is 137 Å². The number of likely N-dealkylation sites (N-methyl/N-ethyl adjacent to an activating group) is 1. The molecule has 0 amide bonds. The predicted octanol–water partition coefficient (Wildman–Crippen LogP) is 3.74. The van der Waals surface area contributed by atoms with Gasteiger partial charge in [-0.3, -0.25) is 4.68 Å². The summed E-state index contributed by atoms with van der Waals surface area (Å²) in [5.41, 5.74) is 7.96. The first kappa shape index (κ1) is 17.0. The van der Waals surface area contributed by atoms with Gasteiger partial charge in [0.2, 0.25) is 0 Å². The van der Waals surface area contributed by atoms with Crippen LogP contribution < -0.4 is 5.73 Å². The van der Waals surface area contributed by atoms with Gasteiger partial charge >= 0.3 is 0 Å². The molecule has 4 nitrogen and oxygen atoms in total. The second-order valence-corrected chi connectivity index (χ2v) is 7.93. The maximum atomic E-state index is 6.80. The van der Waals surface area contributed by atoms with Crippen molar-refractivity contribution in [3.8, 4) is 0 Å². The Kier molecular flexibility index (Phi) is 5.16. The molecule has 2 N–H and O–H groups in total. The van der Waals surface area contributed by atoms with Gasteiger partial charge in [0.1, 0.15) is 0 Å². The summed E-state index contributed by atoms with van der Waals surface area (Å²) in [7, 11) is 4.33. The molecule has 1 heterocycles. The molecule has 1 aromatic heterocycles. The average Bonchev–Trinajstić information content (AvgIpc) is 2.80. The highest BCUT2D eigenvalue weighted by molar-refractivity contribution is 9.10. The summed E-state index contributed by atoms with van der Waals surface area (Å²) in [6.45, 7) is 6.65. The van der Waals surface area contributed by atoms with Gasteiger partial charge in [-0.2, -0.15) is 5.10 Å². The lowest BCUT2D eigenvalue weighted by Crippen LogP contribution is -2.54. The summed E-state index contributed by atoms with van der Waals surface area (Å²) in [6, 6.07) is 0.290. The largest absolute Gasteiger partial charge is 0.321 e. The van der Waals surface area contributed by atoms with E-state index in [1.54, 1.807) is 0 Å². The summed E-state index contributed by atoms with van der Waals surface area (Å²) in [5, 5.41) is 4.51. The van der Waals surface area contributed by atoms with Crippen LogP contribution in [0.15, 0.2) is 10.7 Å². The van der Waals surface area contributed by atoms with Gasteiger partial charge in [-0.25, -0.2) is 0 Å². The highest BCUT2D eigenvalue weighted by Gasteiger charge is 2.44. The van der Waals surface area contributed by atoms with Gasteiger partial charge in [-0.15, -0.1) is 0 Å². The molecule has 21 heavy (non-hydrogen) atoms. The predicted molar refractivity (Wildman–Crippen MR) is 91.3 cm³/mol. The molecule has 1 atom stereocenters. The maximum Gasteiger partial charge on any atom is 0.0715 e. The smallest absolute Gasteiger partial charge is 0.0715 e. The van der Waals surface area contributed by atoms with E-state index in [0.717, 1.165) is 28.9 Å². The van der Waals surface area contributed by atoms with E-state index in [1.807, 2.05) is 6.20 Å². The zero-order valence-corrected chi connectivity index (χ0v) is 15.5. The van der Waals surface area contributed by atoms with E-state index in [1.165, 1.54) is 12.8 Å². The van der Waals surface area contributed by atoms with Crippen LogP contribution in [0.2, 0.25) is 0 Å². The minimum Gasteiger partial charge on any atom is -0.321 e. The molecule has 0 spiro atoms. The summed E-state index contributed by atoms with van der Waals surface area (Å²) in [6.07, 6.45) is 6.68. The molecule has 1 saturated carbocycles. The van der Waals surface area contributed by atoms with Crippen LogP contribution in [0.5, 0.6) is 0 Å². The number of hydrogen-bond donors (Lipinski definition) is 1. The Hall–Kier alpha value is -0.390. The fourth-order valence-electron chi connectivity index (χ4n) is 3.61. The van der Waals surface area contributed by atoms with Gasteiger partial charge in [0.05, 0.1) is 22.4 Å². The SMILES string of the molecule is CC1CCC(C(N)c2c(Br)cnn2C(C)C)(N(C)C)CC1. The van der Waals surface area contributed by atoms with Gasteiger partial charge in [0, 0.05) is 11.6 Å². The lowest BCUT2D eigenvalue weighted by atomic mass is 9.71. The second kappa shape index (κ2) is 6.39. The Bertz CT molecular complexity index is 473. The van der Waals surface area contributed by atoms with Crippen LogP contribution in [0.25, 0.3) is 0 Å². The quantitative estimate of drug-likeness (QED) is 0.893. The van der Waals surface area contributed by atoms with Gasteiger partial charge in [0.15, 0.2) is 0 Å². The van der Waals surface area contributed by atoms with Crippen LogP contribution in [-0.4, -0.2) is 34.3 Å². The van der Waals surface area contributed by atoms with Crippen molar-refractivity contribution in [2.45, 2.75) is 64.1 Å². The van der Waals surface area contributed by atoms with Gasteiger partial charge in [-0.1, -0.05) is 6.92 Å². The topological polar surface area (TPSA) is 47.1 Å². The molecule has 0 radical (unpaired) electrons. The first-order chi connectivity index (χ1) is 9.79. The number of aromatic nitrogens is 2. The first-order valence-electron chi connectivity index (χ1n) is 7.95. The van der Waals surface area contributed by atoms with Crippen LogP contribution in [0.1, 0.15) is 64.2 Å². The zero-order chi connectivity index (χ0) is 15.8. The molecular formula is C16H29BrN4. The van der Waals surface area contributed by atoms with E-state index in [-0.39, 0.29) is 11.6 Å². The lowest BCUT2D eigenvalue weighted by molar-refractivity contribution is 0.0530. The molecule has 0 aliphatic heterocycles. The van der Waals surface area contributed by atoms with Crippen LogP contribution in [0.3, 0.4) is 0 Å². The van der Waals surface area contributed by atoms with Crippen LogP contribution in [0, 0.1) is 5.92 Å². The number of rotatable bonds is 4. The summed E-state index contributed by atoms with van der Waals surface area (Å²) >= 11 is 3.66. The van der Waals surface area contributed by atoms with Crippen molar-refractivity contribution >= 4 is 15.9 Å². The molecule has 2 rings (SSSR count). The zero-order valence-electron chi connectivity index (χ0n) is 13.9. The lowest BCUT2D eigenvalue weighted by Gasteiger charge is -2.48. The molecule has 1 unspecified atom stereocenters. The van der Waals surface area contributed by atoms with E-state index in [9.17, 15) is 0 Å². The summed E-state index contributed by atoms with van der Waals surface area (Å²) in [5.74, 6) is 0.809. The fourth-order valence-corrected chi connectivity index (χ4v) is 4.13. The summed E-state index contributed by atoms with van der Waals surface area (Å²) < 4.78 is 3.10. The second-order valence-electron chi connectivity index (χ2n) is 7.07. The standard InChI is InChI=1S/C16H29BrN4/c1-11(2)21-14(13(17)10-19-21)15(18)16(20(4)5)8-6-12(3)7-9-16/h10-12,15H,6-9,18H2,1-5H3. The molecule has 0 saturated heterocycles. The number of nitrogens with zero attached hydrogens (tertiary/aromatic N) is 3. The van der Waals surface area contributed by atoms with Crippen molar-refractivity contribution in [3.63, 3.8) is 0 Å². The van der Waals surface area contributed by atoms with Crippen molar-refractivity contribution in [2.24, 2.45) is 11.7 Å². The molecule has 0 aromatic carbocycles. The van der Waals surface area contributed by atoms with Crippen molar-refractivity contribution in [2.75, 3.05) is 14.1 Å². The number of halogens is 1. The van der Waals surface area contributed by atoms with Gasteiger partial charge < -0.3 is 10.6 Å². The third-order valence-electron chi connectivity index (χ3n) is 5.18. The summed E-state index contributed by atoms with van der Waals surface area (Å²) in [4.78, 5) is 2.34. The third-order valence-corrected chi connectivity index (χ3v) is 5.79. The molecule has 1 aliphatic carbocycles. The van der Waals surface area contributed by atoms with Crippen LogP contribution >= 0.6 is 15.9 Å². The van der Waals surface area contributed by atoms with Crippen molar-refractivity contribution in [1.29, 1.82) is 0 Å². The Morgan fingerprint density at radius 2 is 1.95 bits per heavy atom. The molecule has 120 valence electrons. The monoisotopic (exact) mass is 356 g/mol. The molecule has 1 aliphatic rings. The number of hydrogen-bond acceptors (Lipinski definition) is 3. The van der Waals surface area contributed by atoms with E-state index in [4.69, 9.17) is 5.73 Å². The minimum atomic E-state index is -0.0284. The highest BCUT2D eigenvalue weighted by Crippen LogP contribution is 2.44. The Morgan fingerprint density at radius 3 is 2.43 bits per heavy atom. The molecule has 1 aromatic rings. The van der Waals surface area contributed by atoms with E-state index < -0.39 is 0 Å². The minimum absolute atomic E-state index is 0.0284. The normalized spacial score (nSPS) is 28.3. The van der Waals surface area contributed by atoms with E-state index >= 15 is 0 Å². The molecular weight excluding hydrogens is 328 g/mol. The average molecular weight is 357 g/mol. The number of nitrogens with two attached hydrogens (primary N) is 1. The molecule has 5 heteroatoms. The van der Waals surface area contributed by atoms with Crippen LogP contribution in [0.4, 0.5) is 0 Å². The van der Waals surface area contributed by atoms with Crippen LogP contribution in [-0.2, 0) is 0 Å².